The van der Waals surface area contributed by atoms with Crippen LogP contribution in [0.4, 0.5) is 0 Å². The van der Waals surface area contributed by atoms with Gasteiger partial charge in [0.15, 0.2) is 5.16 Å². The Bertz CT molecular complexity index is 651. The van der Waals surface area contributed by atoms with Crippen LogP contribution in [-0.2, 0) is 5.75 Å². The van der Waals surface area contributed by atoms with Crippen molar-refractivity contribution < 1.29 is 0 Å². The van der Waals surface area contributed by atoms with Gasteiger partial charge in [-0.2, -0.15) is 0 Å². The maximum atomic E-state index is 4.48. The Morgan fingerprint density at radius 2 is 1.82 bits per heavy atom. The second-order valence-electron chi connectivity index (χ2n) is 6.90. The molecule has 0 amide bonds. The Hall–Kier alpha value is -1.29. The molecule has 22 heavy (non-hydrogen) atoms. The second kappa shape index (κ2) is 5.73. The van der Waals surface area contributed by atoms with E-state index in [0.29, 0.717) is 17.9 Å². The first-order valence-corrected chi connectivity index (χ1v) is 9.37. The van der Waals surface area contributed by atoms with E-state index >= 15 is 0 Å². The van der Waals surface area contributed by atoms with Crippen LogP contribution in [0.25, 0.3) is 0 Å². The van der Waals surface area contributed by atoms with Gasteiger partial charge in [-0.15, -0.1) is 10.2 Å². The lowest BCUT2D eigenvalue weighted by Crippen LogP contribution is -2.01. The van der Waals surface area contributed by atoms with E-state index in [2.05, 4.69) is 52.9 Å². The fourth-order valence-corrected chi connectivity index (χ4v) is 3.80. The van der Waals surface area contributed by atoms with Crippen LogP contribution in [0.1, 0.15) is 74.4 Å². The first-order valence-electron chi connectivity index (χ1n) is 8.39. The van der Waals surface area contributed by atoms with Crippen LogP contribution in [0, 0.1) is 0 Å². The predicted molar refractivity (Wildman–Crippen MR) is 90.4 cm³/mol. The molecular formula is C18H23N3S. The lowest BCUT2D eigenvalue weighted by atomic mass is 10.0. The Morgan fingerprint density at radius 1 is 1.09 bits per heavy atom. The molecule has 2 saturated carbocycles. The molecule has 1 aromatic carbocycles. The van der Waals surface area contributed by atoms with Gasteiger partial charge in [-0.3, -0.25) is 0 Å². The molecule has 0 unspecified atom stereocenters. The van der Waals surface area contributed by atoms with Crippen molar-refractivity contribution >= 4 is 11.8 Å². The number of nitrogens with zero attached hydrogens (tertiary/aromatic N) is 3. The third-order valence-corrected chi connectivity index (χ3v) is 5.57. The van der Waals surface area contributed by atoms with Crippen LogP contribution in [0.5, 0.6) is 0 Å². The summed E-state index contributed by atoms with van der Waals surface area (Å²) in [6, 6.07) is 9.68. The van der Waals surface area contributed by atoms with Crippen LogP contribution < -0.4 is 0 Å². The van der Waals surface area contributed by atoms with Crippen molar-refractivity contribution in [3.8, 4) is 0 Å². The molecule has 0 radical (unpaired) electrons. The standard InChI is InChI=1S/C18H23N3S/c1-12(2)14-5-3-13(4-6-14)11-22-18-20-19-17(15-7-8-15)21(18)16-9-10-16/h3-6,12,15-16H,7-11H2,1-2H3. The minimum absolute atomic E-state index is 0.598. The average Bonchev–Trinajstić information content (AvgIpc) is 3.44. The molecule has 0 atom stereocenters. The van der Waals surface area contributed by atoms with Gasteiger partial charge in [-0.05, 0) is 42.7 Å². The fourth-order valence-electron chi connectivity index (χ4n) is 2.83. The van der Waals surface area contributed by atoms with E-state index in [-0.39, 0.29) is 0 Å². The molecule has 116 valence electrons. The van der Waals surface area contributed by atoms with Crippen LogP contribution >= 0.6 is 11.8 Å². The van der Waals surface area contributed by atoms with Gasteiger partial charge in [0.25, 0.3) is 0 Å². The third-order valence-electron chi connectivity index (χ3n) is 4.56. The van der Waals surface area contributed by atoms with Crippen molar-refractivity contribution in [2.75, 3.05) is 0 Å². The zero-order valence-corrected chi connectivity index (χ0v) is 14.1. The van der Waals surface area contributed by atoms with Gasteiger partial charge in [0.1, 0.15) is 5.82 Å². The first kappa shape index (κ1) is 14.3. The largest absolute Gasteiger partial charge is 0.303 e. The SMILES string of the molecule is CC(C)c1ccc(CSc2nnc(C3CC3)n2C2CC2)cc1. The lowest BCUT2D eigenvalue weighted by molar-refractivity contribution is 0.627. The highest BCUT2D eigenvalue weighted by Crippen LogP contribution is 2.46. The summed E-state index contributed by atoms with van der Waals surface area (Å²) in [6.45, 7) is 4.47. The minimum Gasteiger partial charge on any atom is -0.303 e. The average molecular weight is 313 g/mol. The monoisotopic (exact) mass is 313 g/mol. The highest BCUT2D eigenvalue weighted by molar-refractivity contribution is 7.98. The van der Waals surface area contributed by atoms with E-state index in [0.717, 1.165) is 10.9 Å². The summed E-state index contributed by atoms with van der Waals surface area (Å²) in [5, 5.41) is 10.1. The minimum atomic E-state index is 0.598. The smallest absolute Gasteiger partial charge is 0.191 e. The summed E-state index contributed by atoms with van der Waals surface area (Å²) in [5.74, 6) is 3.52. The van der Waals surface area contributed by atoms with Crippen molar-refractivity contribution in [2.45, 2.75) is 68.3 Å². The van der Waals surface area contributed by atoms with E-state index in [1.165, 1.54) is 42.6 Å². The molecule has 1 aromatic heterocycles. The molecule has 0 saturated heterocycles. The predicted octanol–water partition coefficient (Wildman–Crippen LogP) is 4.91. The zero-order valence-electron chi connectivity index (χ0n) is 13.3. The van der Waals surface area contributed by atoms with Gasteiger partial charge < -0.3 is 4.57 Å². The number of aromatic nitrogens is 3. The van der Waals surface area contributed by atoms with Crippen LogP contribution in [0.3, 0.4) is 0 Å². The Balaban J connectivity index is 1.47. The molecule has 0 aliphatic heterocycles. The first-order chi connectivity index (χ1) is 10.7. The van der Waals surface area contributed by atoms with Gasteiger partial charge in [0, 0.05) is 17.7 Å². The molecule has 4 heteroatoms. The summed E-state index contributed by atoms with van der Waals surface area (Å²) in [7, 11) is 0. The molecule has 2 aliphatic carbocycles. The zero-order chi connectivity index (χ0) is 15.1. The maximum absolute atomic E-state index is 4.48. The van der Waals surface area contributed by atoms with Gasteiger partial charge in [-0.25, -0.2) is 0 Å². The van der Waals surface area contributed by atoms with Gasteiger partial charge in [-0.1, -0.05) is 49.9 Å². The highest BCUT2D eigenvalue weighted by atomic mass is 32.2. The van der Waals surface area contributed by atoms with Crippen molar-refractivity contribution in [1.82, 2.24) is 14.8 Å². The Labute approximate surface area is 136 Å². The van der Waals surface area contributed by atoms with E-state index in [9.17, 15) is 0 Å². The quantitative estimate of drug-likeness (QED) is 0.710. The number of rotatable bonds is 6. The van der Waals surface area contributed by atoms with Crippen molar-refractivity contribution in [3.05, 3.63) is 41.2 Å². The van der Waals surface area contributed by atoms with Crippen LogP contribution in [-0.4, -0.2) is 14.8 Å². The molecule has 0 N–H and O–H groups in total. The molecule has 0 spiro atoms. The Morgan fingerprint density at radius 3 is 2.41 bits per heavy atom. The van der Waals surface area contributed by atoms with E-state index in [1.807, 2.05) is 11.8 Å². The van der Waals surface area contributed by atoms with E-state index < -0.39 is 0 Å². The van der Waals surface area contributed by atoms with E-state index in [4.69, 9.17) is 0 Å². The summed E-state index contributed by atoms with van der Waals surface area (Å²) < 4.78 is 2.44. The molecule has 2 aliphatic rings. The molecule has 0 bridgehead atoms. The maximum Gasteiger partial charge on any atom is 0.191 e. The number of hydrogen-bond acceptors (Lipinski definition) is 3. The van der Waals surface area contributed by atoms with Crippen LogP contribution in [0.2, 0.25) is 0 Å². The number of benzene rings is 1. The summed E-state index contributed by atoms with van der Waals surface area (Å²) in [5.41, 5.74) is 2.78. The second-order valence-corrected chi connectivity index (χ2v) is 7.84. The summed E-state index contributed by atoms with van der Waals surface area (Å²) in [6.07, 6.45) is 5.20. The van der Waals surface area contributed by atoms with Crippen molar-refractivity contribution in [1.29, 1.82) is 0 Å². The molecule has 2 fully saturated rings. The normalized spacial score (nSPS) is 18.1. The Kier molecular flexibility index (Phi) is 3.73. The van der Waals surface area contributed by atoms with Gasteiger partial charge >= 0.3 is 0 Å². The number of thioether (sulfide) groups is 1. The topological polar surface area (TPSA) is 30.7 Å². The van der Waals surface area contributed by atoms with Crippen molar-refractivity contribution in [2.24, 2.45) is 0 Å². The molecule has 1 heterocycles. The fraction of sp³-hybridized carbons (Fsp3) is 0.556. The summed E-state index contributed by atoms with van der Waals surface area (Å²) in [4.78, 5) is 0. The van der Waals surface area contributed by atoms with Crippen molar-refractivity contribution in [3.63, 3.8) is 0 Å². The molecule has 3 nitrogen and oxygen atoms in total. The third kappa shape index (κ3) is 2.94. The highest BCUT2D eigenvalue weighted by Gasteiger charge is 2.36. The van der Waals surface area contributed by atoms with Gasteiger partial charge in [0.05, 0.1) is 0 Å². The molecule has 4 rings (SSSR count). The number of hydrogen-bond donors (Lipinski definition) is 0. The van der Waals surface area contributed by atoms with E-state index in [1.54, 1.807) is 0 Å². The molecular weight excluding hydrogens is 290 g/mol. The van der Waals surface area contributed by atoms with Gasteiger partial charge in [0.2, 0.25) is 0 Å². The van der Waals surface area contributed by atoms with Crippen LogP contribution in [0.15, 0.2) is 29.4 Å². The molecule has 2 aromatic rings. The lowest BCUT2D eigenvalue weighted by Gasteiger charge is -2.09. The summed E-state index contributed by atoms with van der Waals surface area (Å²) >= 11 is 1.84.